The van der Waals surface area contributed by atoms with Gasteiger partial charge in [0.25, 0.3) is 5.91 Å². The molecule has 138 valence electrons. The van der Waals surface area contributed by atoms with Gasteiger partial charge in [-0.2, -0.15) is 5.10 Å². The third kappa shape index (κ3) is 4.28. The van der Waals surface area contributed by atoms with Crippen LogP contribution in [0.3, 0.4) is 0 Å². The molecule has 0 spiro atoms. The van der Waals surface area contributed by atoms with E-state index in [-0.39, 0.29) is 0 Å². The molecule has 0 aliphatic rings. The largest absolute Gasteiger partial charge is 0.495 e. The second kappa shape index (κ2) is 8.49. The van der Waals surface area contributed by atoms with Crippen LogP contribution in [-0.2, 0) is 0 Å². The standard InChI is InChI=1S/C19H15Br2N3O3/c1-11-16(17(24-27-11)12-6-4-3-5-7-12)19(25)23-22-10-13-8-14(20)9-15(21)18(13)26-2/h3-10H,1-2H3,(H,23,25)/b22-10-. The van der Waals surface area contributed by atoms with Gasteiger partial charge in [0.15, 0.2) is 0 Å². The average Bonchev–Trinajstić information content (AvgIpc) is 3.03. The highest BCUT2D eigenvalue weighted by Gasteiger charge is 2.21. The second-order valence-electron chi connectivity index (χ2n) is 5.54. The van der Waals surface area contributed by atoms with E-state index in [0.717, 1.165) is 14.5 Å². The molecule has 6 nitrogen and oxygen atoms in total. The normalized spacial score (nSPS) is 11.0. The summed E-state index contributed by atoms with van der Waals surface area (Å²) in [5, 5.41) is 8.05. The molecule has 3 rings (SSSR count). The molecule has 0 fully saturated rings. The topological polar surface area (TPSA) is 76.7 Å². The van der Waals surface area contributed by atoms with Crippen LogP contribution < -0.4 is 10.2 Å². The maximum absolute atomic E-state index is 12.6. The zero-order valence-electron chi connectivity index (χ0n) is 14.5. The monoisotopic (exact) mass is 491 g/mol. The molecule has 0 radical (unpaired) electrons. The molecular formula is C19H15Br2N3O3. The van der Waals surface area contributed by atoms with Crippen LogP contribution in [0.15, 0.2) is 61.0 Å². The van der Waals surface area contributed by atoms with Crippen molar-refractivity contribution in [3.05, 3.63) is 68.3 Å². The fourth-order valence-electron chi connectivity index (χ4n) is 2.54. The van der Waals surface area contributed by atoms with E-state index >= 15 is 0 Å². The molecule has 0 saturated carbocycles. The predicted octanol–water partition coefficient (Wildman–Crippen LogP) is 4.95. The van der Waals surface area contributed by atoms with Gasteiger partial charge in [0.2, 0.25) is 0 Å². The number of nitrogens with zero attached hydrogens (tertiary/aromatic N) is 2. The zero-order valence-corrected chi connectivity index (χ0v) is 17.7. The molecule has 0 saturated heterocycles. The van der Waals surface area contributed by atoms with Crippen molar-refractivity contribution in [1.82, 2.24) is 10.6 Å². The number of ether oxygens (including phenoxy) is 1. The molecule has 0 aliphatic heterocycles. The quantitative estimate of drug-likeness (QED) is 0.404. The number of aryl methyl sites for hydroxylation is 1. The molecule has 8 heteroatoms. The van der Waals surface area contributed by atoms with Gasteiger partial charge in [0.1, 0.15) is 22.8 Å². The number of hydrogen-bond donors (Lipinski definition) is 1. The Morgan fingerprint density at radius 3 is 2.70 bits per heavy atom. The lowest BCUT2D eigenvalue weighted by Gasteiger charge is -2.08. The molecule has 2 aromatic carbocycles. The number of halogens is 2. The van der Waals surface area contributed by atoms with Gasteiger partial charge in [-0.05, 0) is 35.0 Å². The van der Waals surface area contributed by atoms with Crippen molar-refractivity contribution in [3.8, 4) is 17.0 Å². The molecule has 1 N–H and O–H groups in total. The van der Waals surface area contributed by atoms with E-state index in [0.29, 0.717) is 28.3 Å². The second-order valence-corrected chi connectivity index (χ2v) is 7.31. The van der Waals surface area contributed by atoms with E-state index in [1.165, 1.54) is 6.21 Å². The predicted molar refractivity (Wildman–Crippen MR) is 110 cm³/mol. The van der Waals surface area contributed by atoms with Crippen LogP contribution in [0.2, 0.25) is 0 Å². The molecule has 27 heavy (non-hydrogen) atoms. The molecule has 0 unspecified atom stereocenters. The van der Waals surface area contributed by atoms with Crippen LogP contribution in [0, 0.1) is 6.92 Å². The number of carbonyl (C=O) groups excluding carboxylic acids is 1. The van der Waals surface area contributed by atoms with Crippen molar-refractivity contribution < 1.29 is 14.1 Å². The minimum atomic E-state index is -0.406. The number of amides is 1. The lowest BCUT2D eigenvalue weighted by molar-refractivity contribution is 0.0954. The smallest absolute Gasteiger partial charge is 0.277 e. The highest BCUT2D eigenvalue weighted by atomic mass is 79.9. The Hall–Kier alpha value is -2.45. The summed E-state index contributed by atoms with van der Waals surface area (Å²) in [4.78, 5) is 12.6. The van der Waals surface area contributed by atoms with E-state index in [1.807, 2.05) is 42.5 Å². The van der Waals surface area contributed by atoms with Crippen LogP contribution in [0.4, 0.5) is 0 Å². The fraction of sp³-hybridized carbons (Fsp3) is 0.105. The SMILES string of the molecule is COc1c(Br)cc(Br)cc1/C=N\NC(=O)c1c(-c2ccccc2)noc1C. The number of hydrogen-bond acceptors (Lipinski definition) is 5. The number of aromatic nitrogens is 1. The van der Waals surface area contributed by atoms with Crippen LogP contribution in [-0.4, -0.2) is 24.4 Å². The van der Waals surface area contributed by atoms with Gasteiger partial charge in [-0.3, -0.25) is 4.79 Å². The first kappa shape index (κ1) is 19.3. The van der Waals surface area contributed by atoms with E-state index < -0.39 is 5.91 Å². The first-order valence-corrected chi connectivity index (χ1v) is 9.48. The number of nitrogens with one attached hydrogen (secondary N) is 1. The van der Waals surface area contributed by atoms with Gasteiger partial charge in [0.05, 0.1) is 17.8 Å². The number of carbonyl (C=O) groups is 1. The Balaban J connectivity index is 1.84. The van der Waals surface area contributed by atoms with Crippen LogP contribution in [0.25, 0.3) is 11.3 Å². The first-order chi connectivity index (χ1) is 13.0. The number of hydrazone groups is 1. The lowest BCUT2D eigenvalue weighted by atomic mass is 10.1. The molecule has 1 aromatic heterocycles. The van der Waals surface area contributed by atoms with Crippen LogP contribution in [0.5, 0.6) is 5.75 Å². The highest BCUT2D eigenvalue weighted by molar-refractivity contribution is 9.11. The molecule has 0 atom stereocenters. The lowest BCUT2D eigenvalue weighted by Crippen LogP contribution is -2.19. The van der Waals surface area contributed by atoms with Gasteiger partial charge in [-0.1, -0.05) is 51.4 Å². The average molecular weight is 493 g/mol. The van der Waals surface area contributed by atoms with E-state index in [2.05, 4.69) is 47.5 Å². The Kier molecular flexibility index (Phi) is 6.08. The summed E-state index contributed by atoms with van der Waals surface area (Å²) in [6.07, 6.45) is 1.51. The molecule has 0 bridgehead atoms. The van der Waals surface area contributed by atoms with E-state index in [1.54, 1.807) is 14.0 Å². The Bertz CT molecular complexity index is 1000. The number of methoxy groups -OCH3 is 1. The van der Waals surface area contributed by atoms with Crippen molar-refractivity contribution in [2.45, 2.75) is 6.92 Å². The molecular weight excluding hydrogens is 478 g/mol. The molecule has 1 amide bonds. The maximum atomic E-state index is 12.6. The number of benzene rings is 2. The Labute approximate surface area is 172 Å². The molecule has 1 heterocycles. The summed E-state index contributed by atoms with van der Waals surface area (Å²) in [5.41, 5.74) is 4.83. The highest BCUT2D eigenvalue weighted by Crippen LogP contribution is 2.31. The minimum Gasteiger partial charge on any atom is -0.495 e. The Morgan fingerprint density at radius 1 is 1.26 bits per heavy atom. The third-order valence-electron chi connectivity index (χ3n) is 3.75. The van der Waals surface area contributed by atoms with Gasteiger partial charge in [-0.25, -0.2) is 5.43 Å². The summed E-state index contributed by atoms with van der Waals surface area (Å²) in [5.74, 6) is 0.628. The summed E-state index contributed by atoms with van der Waals surface area (Å²) in [6.45, 7) is 1.69. The van der Waals surface area contributed by atoms with Gasteiger partial charge >= 0.3 is 0 Å². The van der Waals surface area contributed by atoms with Crippen molar-refractivity contribution in [3.63, 3.8) is 0 Å². The zero-order chi connectivity index (χ0) is 19.4. The minimum absolute atomic E-state index is 0.348. The van der Waals surface area contributed by atoms with Gasteiger partial charge < -0.3 is 9.26 Å². The fourth-order valence-corrected chi connectivity index (χ4v) is 3.96. The Morgan fingerprint density at radius 2 is 2.00 bits per heavy atom. The molecule has 3 aromatic rings. The maximum Gasteiger partial charge on any atom is 0.277 e. The van der Waals surface area contributed by atoms with Gasteiger partial charge in [-0.15, -0.1) is 0 Å². The summed E-state index contributed by atoms with van der Waals surface area (Å²) in [7, 11) is 1.57. The third-order valence-corrected chi connectivity index (χ3v) is 4.79. The summed E-state index contributed by atoms with van der Waals surface area (Å²) in [6, 6.07) is 13.1. The van der Waals surface area contributed by atoms with Crippen molar-refractivity contribution in [2.75, 3.05) is 7.11 Å². The first-order valence-electron chi connectivity index (χ1n) is 7.89. The van der Waals surface area contributed by atoms with Crippen LogP contribution >= 0.6 is 31.9 Å². The van der Waals surface area contributed by atoms with Gasteiger partial charge in [0, 0.05) is 15.6 Å². The van der Waals surface area contributed by atoms with Crippen molar-refractivity contribution >= 4 is 44.0 Å². The number of rotatable bonds is 5. The van der Waals surface area contributed by atoms with Crippen molar-refractivity contribution in [2.24, 2.45) is 5.10 Å². The van der Waals surface area contributed by atoms with Crippen molar-refractivity contribution in [1.29, 1.82) is 0 Å². The van der Waals surface area contributed by atoms with E-state index in [4.69, 9.17) is 9.26 Å². The van der Waals surface area contributed by atoms with Crippen LogP contribution in [0.1, 0.15) is 21.7 Å². The van der Waals surface area contributed by atoms with E-state index in [9.17, 15) is 4.79 Å². The summed E-state index contributed by atoms with van der Waals surface area (Å²) < 4.78 is 12.2. The molecule has 0 aliphatic carbocycles. The summed E-state index contributed by atoms with van der Waals surface area (Å²) >= 11 is 6.85.